The average molecular weight is 431 g/mol. The quantitative estimate of drug-likeness (QED) is 0.373. The topological polar surface area (TPSA) is 167 Å². The lowest BCUT2D eigenvalue weighted by Gasteiger charge is -2.39. The fraction of sp³-hybridized carbons (Fsp3) is 0.611. The Balaban J connectivity index is 3.36. The van der Waals surface area contributed by atoms with Gasteiger partial charge in [0, 0.05) is 33.8 Å². The van der Waals surface area contributed by atoms with Gasteiger partial charge < -0.3 is 34.2 Å². The number of ether oxygens (including phenoxy) is 6. The predicted molar refractivity (Wildman–Crippen MR) is 96.2 cm³/mol. The molecule has 0 bridgehead atoms. The molecular weight excluding hydrogens is 406 g/mol. The number of esters is 5. The van der Waals surface area contributed by atoms with Gasteiger partial charge in [-0.25, -0.2) is 4.79 Å². The minimum absolute atomic E-state index is 0.360. The zero-order valence-electron chi connectivity index (χ0n) is 17.2. The van der Waals surface area contributed by atoms with Gasteiger partial charge in [0.25, 0.3) is 0 Å². The van der Waals surface area contributed by atoms with Gasteiger partial charge in [0.2, 0.25) is 5.76 Å². The molecule has 1 unspecified atom stereocenters. The molecule has 0 aromatic carbocycles. The van der Waals surface area contributed by atoms with Crippen molar-refractivity contribution in [3.05, 3.63) is 11.8 Å². The summed E-state index contributed by atoms with van der Waals surface area (Å²) in [5.74, 6) is -4.22. The number of methoxy groups -OCH3 is 1. The molecule has 0 saturated heterocycles. The third kappa shape index (κ3) is 7.35. The Morgan fingerprint density at radius 1 is 1.00 bits per heavy atom. The van der Waals surface area contributed by atoms with E-state index in [4.69, 9.17) is 29.4 Å². The van der Waals surface area contributed by atoms with Crippen LogP contribution in [0.2, 0.25) is 0 Å². The number of hydrogen-bond donors (Lipinski definition) is 1. The molecule has 1 aliphatic rings. The van der Waals surface area contributed by atoms with Gasteiger partial charge >= 0.3 is 29.8 Å². The third-order valence-corrected chi connectivity index (χ3v) is 3.79. The van der Waals surface area contributed by atoms with Crippen molar-refractivity contribution in [2.24, 2.45) is 5.73 Å². The second-order valence-corrected chi connectivity index (χ2v) is 6.28. The number of carbonyl (C=O) groups excluding carboxylic acids is 5. The standard InChI is InChI=1S/C18H25NO11/c1-8(20)26-7-14(28-10(3)22)16(29-11(4)23)17-15(19)12(27-9(2)21)6-13(30-17)18(24)25-5/h6,12,14-17H,7,19H2,1-5H3/t12-,14?,15+,16+,17+/m0/s1. The molecule has 0 radical (unpaired) electrons. The molecular formula is C18H25NO11. The second-order valence-electron chi connectivity index (χ2n) is 6.28. The molecule has 0 amide bonds. The smallest absolute Gasteiger partial charge is 0.373 e. The van der Waals surface area contributed by atoms with E-state index in [-0.39, 0.29) is 5.76 Å². The summed E-state index contributed by atoms with van der Waals surface area (Å²) in [7, 11) is 1.10. The summed E-state index contributed by atoms with van der Waals surface area (Å²) in [5.41, 5.74) is 6.14. The maximum Gasteiger partial charge on any atom is 0.373 e. The van der Waals surface area contributed by atoms with E-state index in [0.29, 0.717) is 0 Å². The number of rotatable bonds is 8. The van der Waals surface area contributed by atoms with Crippen LogP contribution in [-0.2, 0) is 52.4 Å². The molecule has 0 aromatic heterocycles. The number of carbonyl (C=O) groups is 5. The highest BCUT2D eigenvalue weighted by Gasteiger charge is 2.47. The number of nitrogens with two attached hydrogens (primary N) is 1. The Hall–Kier alpha value is -3.15. The zero-order chi connectivity index (χ0) is 23.0. The highest BCUT2D eigenvalue weighted by atomic mass is 16.6. The first kappa shape index (κ1) is 24.9. The molecule has 1 rings (SSSR count). The largest absolute Gasteiger partial charge is 0.477 e. The molecule has 0 fully saturated rings. The van der Waals surface area contributed by atoms with Gasteiger partial charge in [0.15, 0.2) is 18.3 Å². The van der Waals surface area contributed by atoms with Gasteiger partial charge in [-0.05, 0) is 0 Å². The third-order valence-electron chi connectivity index (χ3n) is 3.79. The van der Waals surface area contributed by atoms with Crippen LogP contribution in [0.15, 0.2) is 11.8 Å². The van der Waals surface area contributed by atoms with Crippen molar-refractivity contribution < 1.29 is 52.4 Å². The lowest BCUT2D eigenvalue weighted by Crippen LogP contribution is -2.59. The van der Waals surface area contributed by atoms with Gasteiger partial charge in [-0.2, -0.15) is 0 Å². The molecule has 12 nitrogen and oxygen atoms in total. The molecule has 1 heterocycles. The van der Waals surface area contributed by atoms with Crippen molar-refractivity contribution in [1.29, 1.82) is 0 Å². The normalized spacial score (nSPS) is 22.3. The SMILES string of the molecule is COC(=O)C1=C[C@H](OC(C)=O)[C@@H](N)[C@H]([C@H](OC(C)=O)C(COC(C)=O)OC(C)=O)O1. The Morgan fingerprint density at radius 3 is 2.07 bits per heavy atom. The molecule has 168 valence electrons. The van der Waals surface area contributed by atoms with Crippen LogP contribution in [0.5, 0.6) is 0 Å². The van der Waals surface area contributed by atoms with E-state index in [1.807, 2.05) is 0 Å². The first-order valence-corrected chi connectivity index (χ1v) is 8.83. The molecule has 30 heavy (non-hydrogen) atoms. The van der Waals surface area contributed by atoms with Crippen molar-refractivity contribution in [3.63, 3.8) is 0 Å². The van der Waals surface area contributed by atoms with Crippen LogP contribution in [0.3, 0.4) is 0 Å². The summed E-state index contributed by atoms with van der Waals surface area (Å²) in [6.45, 7) is 3.94. The van der Waals surface area contributed by atoms with E-state index >= 15 is 0 Å². The first-order chi connectivity index (χ1) is 14.0. The van der Waals surface area contributed by atoms with Crippen LogP contribution >= 0.6 is 0 Å². The Bertz CT molecular complexity index is 717. The van der Waals surface area contributed by atoms with E-state index in [1.165, 1.54) is 0 Å². The van der Waals surface area contributed by atoms with E-state index in [2.05, 4.69) is 4.74 Å². The van der Waals surface area contributed by atoms with Crippen LogP contribution in [0.25, 0.3) is 0 Å². The van der Waals surface area contributed by atoms with Crippen LogP contribution in [0.4, 0.5) is 0 Å². The molecule has 0 spiro atoms. The fourth-order valence-electron chi connectivity index (χ4n) is 2.67. The molecule has 1 aliphatic heterocycles. The fourth-order valence-corrected chi connectivity index (χ4v) is 2.67. The van der Waals surface area contributed by atoms with E-state index in [9.17, 15) is 24.0 Å². The lowest BCUT2D eigenvalue weighted by atomic mass is 9.94. The van der Waals surface area contributed by atoms with Gasteiger partial charge in [-0.15, -0.1) is 0 Å². The zero-order valence-corrected chi connectivity index (χ0v) is 17.2. The highest BCUT2D eigenvalue weighted by Crippen LogP contribution is 2.27. The van der Waals surface area contributed by atoms with Crippen molar-refractivity contribution in [1.82, 2.24) is 0 Å². The lowest BCUT2D eigenvalue weighted by molar-refractivity contribution is -0.190. The van der Waals surface area contributed by atoms with E-state index < -0.39 is 66.9 Å². The summed E-state index contributed by atoms with van der Waals surface area (Å²) >= 11 is 0. The Labute approximate surface area is 172 Å². The minimum atomic E-state index is -1.42. The van der Waals surface area contributed by atoms with Gasteiger partial charge in [0.05, 0.1) is 13.2 Å². The summed E-state index contributed by atoms with van der Waals surface area (Å²) in [5, 5.41) is 0. The molecule has 0 aromatic rings. The van der Waals surface area contributed by atoms with Crippen LogP contribution in [-0.4, -0.2) is 74.0 Å². The van der Waals surface area contributed by atoms with Gasteiger partial charge in [-0.1, -0.05) is 0 Å². The van der Waals surface area contributed by atoms with Crippen LogP contribution < -0.4 is 5.73 Å². The second kappa shape index (κ2) is 11.1. The molecule has 5 atom stereocenters. The highest BCUT2D eigenvalue weighted by molar-refractivity contribution is 5.86. The van der Waals surface area contributed by atoms with Crippen molar-refractivity contribution in [2.75, 3.05) is 13.7 Å². The molecule has 0 saturated carbocycles. The monoisotopic (exact) mass is 431 g/mol. The van der Waals surface area contributed by atoms with Crippen molar-refractivity contribution in [2.45, 2.75) is 58.2 Å². The average Bonchev–Trinajstić information content (AvgIpc) is 2.63. The molecule has 0 aliphatic carbocycles. The van der Waals surface area contributed by atoms with E-state index in [0.717, 1.165) is 40.9 Å². The van der Waals surface area contributed by atoms with Crippen molar-refractivity contribution in [3.8, 4) is 0 Å². The molecule has 2 N–H and O–H groups in total. The summed E-state index contributed by atoms with van der Waals surface area (Å²) < 4.78 is 30.5. The van der Waals surface area contributed by atoms with Crippen molar-refractivity contribution >= 4 is 29.8 Å². The van der Waals surface area contributed by atoms with Crippen LogP contribution in [0.1, 0.15) is 27.7 Å². The predicted octanol–water partition coefficient (Wildman–Crippen LogP) is -0.872. The van der Waals surface area contributed by atoms with Gasteiger partial charge in [-0.3, -0.25) is 19.2 Å². The summed E-state index contributed by atoms with van der Waals surface area (Å²) in [6, 6.07) is -1.15. The Morgan fingerprint density at radius 2 is 1.60 bits per heavy atom. The maximum absolute atomic E-state index is 12.0. The van der Waals surface area contributed by atoms with Gasteiger partial charge in [0.1, 0.15) is 12.7 Å². The molecule has 12 heteroatoms. The first-order valence-electron chi connectivity index (χ1n) is 8.83. The number of hydrogen-bond acceptors (Lipinski definition) is 12. The summed E-state index contributed by atoms with van der Waals surface area (Å²) in [4.78, 5) is 57.9. The maximum atomic E-state index is 12.0. The van der Waals surface area contributed by atoms with E-state index in [1.54, 1.807) is 0 Å². The minimum Gasteiger partial charge on any atom is -0.477 e. The Kier molecular flexibility index (Phi) is 9.24. The summed E-state index contributed by atoms with van der Waals surface area (Å²) in [6.07, 6.45) is -4.10. The van der Waals surface area contributed by atoms with Crippen LogP contribution in [0, 0.1) is 0 Å².